The number of anilines is 2. The second kappa shape index (κ2) is 5.06. The van der Waals surface area contributed by atoms with E-state index >= 15 is 0 Å². The largest absolute Gasteiger partial charge is 0.345 e. The molecule has 0 aromatic heterocycles. The first-order chi connectivity index (χ1) is 9.69. The average molecular weight is 253 g/mol. The summed E-state index contributed by atoms with van der Waals surface area (Å²) in [6, 6.07) is 15.0. The minimum Gasteiger partial charge on any atom is -0.345 e. The normalized spacial score (nSPS) is 18.0. The molecule has 1 aliphatic rings. The predicted molar refractivity (Wildman–Crippen MR) is 80.9 cm³/mol. The van der Waals surface area contributed by atoms with E-state index in [0.29, 0.717) is 0 Å². The zero-order valence-corrected chi connectivity index (χ0v) is 11.5. The molecule has 1 unspecified atom stereocenters. The van der Waals surface area contributed by atoms with E-state index in [1.165, 1.54) is 22.5 Å². The van der Waals surface area contributed by atoms with Crippen molar-refractivity contribution < 1.29 is 1.37 Å². The maximum Gasteiger partial charge on any atom is 0.0479 e. The Kier molecular flexibility index (Phi) is 2.95. The van der Waals surface area contributed by atoms with Gasteiger partial charge in [0, 0.05) is 32.9 Å². The van der Waals surface area contributed by atoms with E-state index < -0.39 is 0 Å². The third-order valence-corrected chi connectivity index (χ3v) is 3.80. The third kappa shape index (κ3) is 2.36. The molecule has 2 heteroatoms. The fourth-order valence-corrected chi connectivity index (χ4v) is 2.47. The van der Waals surface area contributed by atoms with Gasteiger partial charge in [0.1, 0.15) is 0 Å². The summed E-state index contributed by atoms with van der Waals surface area (Å²) in [7, 11) is 2.09. The Hall–Kier alpha value is -1.80. The highest BCUT2D eigenvalue weighted by Crippen LogP contribution is 2.27. The van der Waals surface area contributed by atoms with Gasteiger partial charge in [0.25, 0.3) is 0 Å². The van der Waals surface area contributed by atoms with Crippen LogP contribution in [0.5, 0.6) is 0 Å². The maximum absolute atomic E-state index is 7.88. The quantitative estimate of drug-likeness (QED) is 0.898. The number of hydrogen-bond acceptors (Lipinski definition) is 2. The van der Waals surface area contributed by atoms with Gasteiger partial charge >= 0.3 is 0 Å². The highest BCUT2D eigenvalue weighted by molar-refractivity contribution is 5.64. The Balaban J connectivity index is 1.88. The summed E-state index contributed by atoms with van der Waals surface area (Å²) in [5.41, 5.74) is 6.06. The fourth-order valence-electron chi connectivity index (χ4n) is 2.47. The summed E-state index contributed by atoms with van der Waals surface area (Å²) in [6.45, 7) is 2.69. The van der Waals surface area contributed by atoms with Crippen molar-refractivity contribution in [3.05, 3.63) is 59.2 Å². The van der Waals surface area contributed by atoms with Crippen LogP contribution in [0.1, 0.15) is 25.0 Å². The van der Waals surface area contributed by atoms with Gasteiger partial charge < -0.3 is 10.2 Å². The molecule has 0 aliphatic carbocycles. The number of hydrogen-bond donors (Lipinski definition) is 1. The van der Waals surface area contributed by atoms with Crippen LogP contribution in [0, 0.1) is 0 Å². The molecular weight excluding hydrogens is 232 g/mol. The molecule has 0 radical (unpaired) electrons. The molecule has 1 N–H and O–H groups in total. The molecule has 1 aliphatic heterocycles. The molecule has 0 saturated heterocycles. The smallest absolute Gasteiger partial charge is 0.0479 e. The summed E-state index contributed by atoms with van der Waals surface area (Å²) in [5.74, 6) is 0. The maximum atomic E-state index is 7.88. The van der Waals surface area contributed by atoms with Gasteiger partial charge in [-0.15, -0.1) is 0 Å². The molecule has 0 bridgehead atoms. The summed E-state index contributed by atoms with van der Waals surface area (Å²) < 4.78 is 7.88. The molecule has 19 heavy (non-hydrogen) atoms. The number of rotatable bonds is 3. The zero-order chi connectivity index (χ0) is 14.1. The summed E-state index contributed by atoms with van der Waals surface area (Å²) in [6.07, 6.45) is 1.07. The minimum atomic E-state index is -0.270. The second-order valence-electron chi connectivity index (χ2n) is 4.99. The molecule has 2 aromatic rings. The first kappa shape index (κ1) is 11.1. The zero-order valence-electron chi connectivity index (χ0n) is 12.5. The lowest BCUT2D eigenvalue weighted by Crippen LogP contribution is -2.09. The summed E-state index contributed by atoms with van der Waals surface area (Å²) in [4.78, 5) is 2.19. The van der Waals surface area contributed by atoms with E-state index in [2.05, 4.69) is 66.7 Å². The van der Waals surface area contributed by atoms with Crippen LogP contribution in [-0.2, 0) is 19.5 Å². The Morgan fingerprint density at radius 3 is 2.58 bits per heavy atom. The van der Waals surface area contributed by atoms with Gasteiger partial charge in [-0.25, -0.2) is 0 Å². The van der Waals surface area contributed by atoms with Crippen molar-refractivity contribution in [2.24, 2.45) is 0 Å². The molecule has 0 amide bonds. The van der Waals surface area contributed by atoms with Crippen LogP contribution in [0.3, 0.4) is 0 Å². The lowest BCUT2D eigenvalue weighted by atomic mass is 10.1. The molecule has 0 fully saturated rings. The van der Waals surface area contributed by atoms with Crippen molar-refractivity contribution in [2.45, 2.75) is 26.4 Å². The van der Waals surface area contributed by atoms with Gasteiger partial charge in [0.2, 0.25) is 0 Å². The Morgan fingerprint density at radius 2 is 1.84 bits per heavy atom. The summed E-state index contributed by atoms with van der Waals surface area (Å²) in [5, 5.41) is 3.15. The molecule has 1 heterocycles. The lowest BCUT2D eigenvalue weighted by molar-refractivity contribution is 0.765. The third-order valence-electron chi connectivity index (χ3n) is 3.80. The molecule has 1 atom stereocenters. The van der Waals surface area contributed by atoms with Gasteiger partial charge in [-0.2, -0.15) is 0 Å². The number of nitrogens with one attached hydrogen (secondary N) is 1. The average Bonchev–Trinajstić information content (AvgIpc) is 2.87. The molecule has 2 nitrogen and oxygen atoms in total. The molecule has 3 rings (SSSR count). The highest BCUT2D eigenvalue weighted by atomic mass is 15.1. The summed E-state index contributed by atoms with van der Waals surface area (Å²) >= 11 is 0. The first-order valence-corrected chi connectivity index (χ1v) is 6.80. The number of nitrogens with zero attached hydrogens (tertiary/aromatic N) is 1. The molecule has 2 aromatic carbocycles. The van der Waals surface area contributed by atoms with Crippen molar-refractivity contribution in [2.75, 3.05) is 11.9 Å². The van der Waals surface area contributed by atoms with Crippen LogP contribution in [-0.4, -0.2) is 7.05 Å². The Bertz CT molecular complexity index is 607. The van der Waals surface area contributed by atoms with Gasteiger partial charge in [-0.3, -0.25) is 0 Å². The van der Waals surface area contributed by atoms with Crippen molar-refractivity contribution in [3.8, 4) is 0 Å². The number of benzene rings is 2. The van der Waals surface area contributed by atoms with Crippen molar-refractivity contribution in [1.29, 1.82) is 0 Å². The van der Waals surface area contributed by atoms with Crippen LogP contribution in [0.2, 0.25) is 0 Å². The molecule has 0 saturated carbocycles. The Labute approximate surface area is 116 Å². The van der Waals surface area contributed by atoms with Crippen molar-refractivity contribution >= 4 is 11.4 Å². The van der Waals surface area contributed by atoms with Crippen LogP contribution in [0.4, 0.5) is 11.4 Å². The number of fused-ring (bicyclic) bond motifs is 1. The molecule has 0 spiro atoms. The predicted octanol–water partition coefficient (Wildman–Crippen LogP) is 3.62. The van der Waals surface area contributed by atoms with E-state index in [1.807, 2.05) is 0 Å². The van der Waals surface area contributed by atoms with E-state index in [4.69, 9.17) is 1.37 Å². The topological polar surface area (TPSA) is 15.3 Å². The fraction of sp³-hybridized carbons (Fsp3) is 0.294. The van der Waals surface area contributed by atoms with Gasteiger partial charge in [-0.05, 0) is 47.4 Å². The van der Waals surface area contributed by atoms with E-state index in [9.17, 15) is 0 Å². The lowest BCUT2D eigenvalue weighted by Gasteiger charge is -2.20. The minimum absolute atomic E-state index is 0.270. The molecule has 98 valence electrons. The number of aryl methyl sites for hydroxylation is 1. The SMILES string of the molecule is [2H]C1NCc2cc(N(C)c3ccc(CC)cc3)ccc21. The van der Waals surface area contributed by atoms with Crippen molar-refractivity contribution in [3.63, 3.8) is 0 Å². The highest BCUT2D eigenvalue weighted by Gasteiger charge is 2.12. The monoisotopic (exact) mass is 253 g/mol. The van der Waals surface area contributed by atoms with E-state index in [-0.39, 0.29) is 6.52 Å². The second-order valence-corrected chi connectivity index (χ2v) is 4.99. The van der Waals surface area contributed by atoms with Gasteiger partial charge in [-0.1, -0.05) is 25.1 Å². The van der Waals surface area contributed by atoms with E-state index in [1.54, 1.807) is 0 Å². The van der Waals surface area contributed by atoms with Crippen LogP contribution >= 0.6 is 0 Å². The van der Waals surface area contributed by atoms with Gasteiger partial charge in [0.15, 0.2) is 0 Å². The first-order valence-electron chi connectivity index (χ1n) is 7.38. The standard InChI is InChI=1S/C17H20N2/c1-3-13-4-7-16(8-5-13)19(2)17-9-6-14-11-18-12-15(14)10-17/h4-10,18H,3,11-12H2,1-2H3/i11D. The van der Waals surface area contributed by atoms with Crippen LogP contribution in [0.25, 0.3) is 0 Å². The van der Waals surface area contributed by atoms with Crippen LogP contribution < -0.4 is 10.2 Å². The van der Waals surface area contributed by atoms with Crippen LogP contribution in [0.15, 0.2) is 42.5 Å². The van der Waals surface area contributed by atoms with E-state index in [0.717, 1.165) is 18.5 Å². The van der Waals surface area contributed by atoms with Gasteiger partial charge in [0.05, 0.1) is 0 Å². The molecular formula is C17H20N2. The Morgan fingerprint density at radius 1 is 1.11 bits per heavy atom. The van der Waals surface area contributed by atoms with Crippen molar-refractivity contribution in [1.82, 2.24) is 5.32 Å².